The van der Waals surface area contributed by atoms with Crippen LogP contribution in [0.2, 0.25) is 5.02 Å². The van der Waals surface area contributed by atoms with Crippen LogP contribution in [0.15, 0.2) is 29.1 Å². The van der Waals surface area contributed by atoms with Crippen LogP contribution >= 0.6 is 11.6 Å². The van der Waals surface area contributed by atoms with E-state index in [9.17, 15) is 4.79 Å². The molecule has 1 aromatic carbocycles. The van der Waals surface area contributed by atoms with Gasteiger partial charge in [0.05, 0.1) is 5.69 Å². The number of hydrogen-bond acceptors (Lipinski definition) is 5. The maximum absolute atomic E-state index is 12.2. The van der Waals surface area contributed by atoms with Gasteiger partial charge in [0.25, 0.3) is 0 Å². The number of anilines is 1. The Balaban J connectivity index is 2.38. The van der Waals surface area contributed by atoms with Crippen LogP contribution in [0.25, 0.3) is 5.69 Å². The second-order valence-electron chi connectivity index (χ2n) is 4.46. The number of halogens is 1. The Morgan fingerprint density at radius 2 is 1.90 bits per heavy atom. The number of aryl methyl sites for hydroxylation is 1. The van der Waals surface area contributed by atoms with Crippen molar-refractivity contribution < 1.29 is 0 Å². The third-order valence-corrected chi connectivity index (χ3v) is 3.11. The second kappa shape index (κ2) is 7.19. The molecule has 2 aromatic rings. The standard InChI is InChI=1S/C14H18ClN5O/c1-3-9-16-19-13-17-12(4-2)20(14(21)18-13)11-7-5-10(15)6-8-11/h5-8,16H,3-4,9H2,1-2H3,(H,18,19,21). The van der Waals surface area contributed by atoms with Gasteiger partial charge in [-0.05, 0) is 30.7 Å². The van der Waals surface area contributed by atoms with Crippen molar-refractivity contribution in [3.8, 4) is 5.69 Å². The van der Waals surface area contributed by atoms with Crippen molar-refractivity contribution in [2.24, 2.45) is 0 Å². The molecular weight excluding hydrogens is 290 g/mol. The topological polar surface area (TPSA) is 71.8 Å². The van der Waals surface area contributed by atoms with E-state index in [4.69, 9.17) is 11.6 Å². The maximum Gasteiger partial charge on any atom is 0.356 e. The van der Waals surface area contributed by atoms with E-state index in [2.05, 4.69) is 20.8 Å². The zero-order valence-corrected chi connectivity index (χ0v) is 12.8. The Kier molecular flexibility index (Phi) is 5.30. The molecule has 0 saturated carbocycles. The highest BCUT2D eigenvalue weighted by atomic mass is 35.5. The summed E-state index contributed by atoms with van der Waals surface area (Å²) >= 11 is 5.87. The Morgan fingerprint density at radius 1 is 1.19 bits per heavy atom. The molecule has 0 radical (unpaired) electrons. The Labute approximate surface area is 128 Å². The molecule has 1 heterocycles. The summed E-state index contributed by atoms with van der Waals surface area (Å²) in [4.78, 5) is 20.6. The molecule has 21 heavy (non-hydrogen) atoms. The average Bonchev–Trinajstić information content (AvgIpc) is 2.48. The van der Waals surface area contributed by atoms with Crippen LogP contribution in [0.5, 0.6) is 0 Å². The average molecular weight is 308 g/mol. The van der Waals surface area contributed by atoms with Crippen molar-refractivity contribution in [2.75, 3.05) is 12.0 Å². The highest BCUT2D eigenvalue weighted by Gasteiger charge is 2.10. The fourth-order valence-electron chi connectivity index (χ4n) is 1.86. The van der Waals surface area contributed by atoms with E-state index >= 15 is 0 Å². The molecule has 0 bridgehead atoms. The summed E-state index contributed by atoms with van der Waals surface area (Å²) in [6.07, 6.45) is 1.58. The molecule has 6 nitrogen and oxygen atoms in total. The van der Waals surface area contributed by atoms with Gasteiger partial charge in [0.1, 0.15) is 5.82 Å². The predicted molar refractivity (Wildman–Crippen MR) is 83.9 cm³/mol. The normalized spacial score (nSPS) is 10.6. The third-order valence-electron chi connectivity index (χ3n) is 2.86. The molecule has 0 aliphatic rings. The van der Waals surface area contributed by atoms with Gasteiger partial charge in [-0.15, -0.1) is 0 Å². The summed E-state index contributed by atoms with van der Waals surface area (Å²) in [5.41, 5.74) is 6.13. The monoisotopic (exact) mass is 307 g/mol. The lowest BCUT2D eigenvalue weighted by Gasteiger charge is -2.12. The fourth-order valence-corrected chi connectivity index (χ4v) is 1.98. The van der Waals surface area contributed by atoms with Gasteiger partial charge in [0.15, 0.2) is 0 Å². The number of benzene rings is 1. The molecule has 0 fully saturated rings. The first kappa shape index (κ1) is 15.5. The van der Waals surface area contributed by atoms with E-state index in [1.165, 1.54) is 4.57 Å². The smallest absolute Gasteiger partial charge is 0.289 e. The summed E-state index contributed by atoms with van der Waals surface area (Å²) in [7, 11) is 0. The number of nitrogens with one attached hydrogen (secondary N) is 2. The quantitative estimate of drug-likeness (QED) is 0.632. The van der Waals surface area contributed by atoms with E-state index in [-0.39, 0.29) is 11.6 Å². The zero-order valence-electron chi connectivity index (χ0n) is 12.1. The van der Waals surface area contributed by atoms with Gasteiger partial charge < -0.3 is 0 Å². The first-order valence-corrected chi connectivity index (χ1v) is 7.28. The molecule has 7 heteroatoms. The van der Waals surface area contributed by atoms with Crippen molar-refractivity contribution in [1.29, 1.82) is 0 Å². The molecular formula is C14H18ClN5O. The fraction of sp³-hybridized carbons (Fsp3) is 0.357. The highest BCUT2D eigenvalue weighted by Crippen LogP contribution is 2.13. The summed E-state index contributed by atoms with van der Waals surface area (Å²) in [6, 6.07) is 7.01. The van der Waals surface area contributed by atoms with Crippen LogP contribution in [0, 0.1) is 0 Å². The molecule has 112 valence electrons. The number of rotatable bonds is 6. The minimum atomic E-state index is -0.370. The number of nitrogens with zero attached hydrogens (tertiary/aromatic N) is 3. The van der Waals surface area contributed by atoms with E-state index < -0.39 is 0 Å². The number of aromatic nitrogens is 3. The van der Waals surface area contributed by atoms with Crippen LogP contribution in [-0.4, -0.2) is 21.1 Å². The molecule has 0 aliphatic carbocycles. The van der Waals surface area contributed by atoms with Crippen molar-refractivity contribution in [1.82, 2.24) is 20.0 Å². The molecule has 1 aromatic heterocycles. The van der Waals surface area contributed by atoms with Crippen molar-refractivity contribution in [3.63, 3.8) is 0 Å². The second-order valence-corrected chi connectivity index (χ2v) is 4.90. The molecule has 2 N–H and O–H groups in total. The van der Waals surface area contributed by atoms with Crippen molar-refractivity contribution in [3.05, 3.63) is 45.6 Å². The van der Waals surface area contributed by atoms with Gasteiger partial charge in [-0.3, -0.25) is 5.43 Å². The Morgan fingerprint density at radius 3 is 2.52 bits per heavy atom. The first-order valence-electron chi connectivity index (χ1n) is 6.90. The lowest BCUT2D eigenvalue weighted by Crippen LogP contribution is -2.31. The zero-order chi connectivity index (χ0) is 15.2. The SMILES string of the molecule is CCCNNc1nc(CC)n(-c2ccc(Cl)cc2)c(=O)n1. The predicted octanol–water partition coefficient (Wildman–Crippen LogP) is 2.17. The van der Waals surface area contributed by atoms with Crippen molar-refractivity contribution in [2.45, 2.75) is 26.7 Å². The van der Waals surface area contributed by atoms with Crippen LogP contribution < -0.4 is 16.5 Å². The van der Waals surface area contributed by atoms with E-state index in [1.54, 1.807) is 24.3 Å². The third kappa shape index (κ3) is 3.80. The van der Waals surface area contributed by atoms with E-state index in [1.807, 2.05) is 13.8 Å². The van der Waals surface area contributed by atoms with Gasteiger partial charge in [-0.25, -0.2) is 14.8 Å². The Bertz CT molecular complexity index is 653. The summed E-state index contributed by atoms with van der Waals surface area (Å²) in [6.45, 7) is 4.76. The van der Waals surface area contributed by atoms with Gasteiger partial charge in [0, 0.05) is 18.0 Å². The maximum atomic E-state index is 12.2. The molecule has 2 rings (SSSR count). The van der Waals surface area contributed by atoms with Gasteiger partial charge in [-0.2, -0.15) is 9.97 Å². The van der Waals surface area contributed by atoms with E-state index in [0.717, 1.165) is 13.0 Å². The largest absolute Gasteiger partial charge is 0.356 e. The summed E-state index contributed by atoms with van der Waals surface area (Å²) in [5.74, 6) is 0.925. The van der Waals surface area contributed by atoms with Crippen LogP contribution in [0.1, 0.15) is 26.1 Å². The molecule has 0 amide bonds. The highest BCUT2D eigenvalue weighted by molar-refractivity contribution is 6.30. The van der Waals surface area contributed by atoms with E-state index in [0.29, 0.717) is 23.0 Å². The number of hydrogen-bond donors (Lipinski definition) is 2. The lowest BCUT2D eigenvalue weighted by molar-refractivity contribution is 0.722. The molecule has 0 unspecified atom stereocenters. The first-order chi connectivity index (χ1) is 10.2. The van der Waals surface area contributed by atoms with Crippen molar-refractivity contribution >= 4 is 17.5 Å². The van der Waals surface area contributed by atoms with Crippen LogP contribution in [0.3, 0.4) is 0 Å². The van der Waals surface area contributed by atoms with Crippen LogP contribution in [-0.2, 0) is 6.42 Å². The lowest BCUT2D eigenvalue weighted by atomic mass is 10.3. The molecule has 0 aliphatic heterocycles. The summed E-state index contributed by atoms with van der Waals surface area (Å²) in [5, 5.41) is 0.618. The minimum Gasteiger partial charge on any atom is -0.289 e. The Hall–Kier alpha value is -1.92. The number of hydrazine groups is 1. The van der Waals surface area contributed by atoms with Gasteiger partial charge >= 0.3 is 5.69 Å². The molecule has 0 atom stereocenters. The van der Waals surface area contributed by atoms with Gasteiger partial charge in [0.2, 0.25) is 5.95 Å². The molecule has 0 spiro atoms. The van der Waals surface area contributed by atoms with Crippen LogP contribution in [0.4, 0.5) is 5.95 Å². The minimum absolute atomic E-state index is 0.288. The molecule has 0 saturated heterocycles. The van der Waals surface area contributed by atoms with Gasteiger partial charge in [-0.1, -0.05) is 25.4 Å². The summed E-state index contributed by atoms with van der Waals surface area (Å²) < 4.78 is 1.49.